The van der Waals surface area contributed by atoms with Crippen LogP contribution in [0.4, 0.5) is 0 Å². The third-order valence-corrected chi connectivity index (χ3v) is 5.27. The van der Waals surface area contributed by atoms with Crippen molar-refractivity contribution in [2.45, 2.75) is 44.8 Å². The Bertz CT molecular complexity index is 577. The Balaban J connectivity index is 2.12. The van der Waals surface area contributed by atoms with Crippen LogP contribution in [0.5, 0.6) is 0 Å². The molecule has 1 saturated heterocycles. The summed E-state index contributed by atoms with van der Waals surface area (Å²) in [4.78, 5) is 2.51. The molecule has 1 N–H and O–H groups in total. The third kappa shape index (κ3) is 3.26. The van der Waals surface area contributed by atoms with Crippen LogP contribution in [0.2, 0.25) is 0 Å². The number of hydrogen-bond acceptors (Lipinski definition) is 2. The summed E-state index contributed by atoms with van der Waals surface area (Å²) in [5, 5.41) is 12.1. The number of piperidine rings is 1. The second kappa shape index (κ2) is 7.50. The highest BCUT2D eigenvalue weighted by molar-refractivity contribution is 5.38. The molecule has 1 heterocycles. The van der Waals surface area contributed by atoms with Crippen LogP contribution in [0.1, 0.15) is 44.2 Å². The van der Waals surface area contributed by atoms with E-state index in [9.17, 15) is 5.11 Å². The van der Waals surface area contributed by atoms with Gasteiger partial charge in [0.25, 0.3) is 0 Å². The van der Waals surface area contributed by atoms with Crippen molar-refractivity contribution < 1.29 is 5.11 Å². The predicted octanol–water partition coefficient (Wildman–Crippen LogP) is 4.43. The molecule has 3 rings (SSSR count). The number of benzene rings is 2. The summed E-state index contributed by atoms with van der Waals surface area (Å²) in [6.07, 6.45) is 3.75. The molecule has 0 saturated carbocycles. The van der Waals surface area contributed by atoms with Gasteiger partial charge in [0, 0.05) is 6.04 Å². The van der Waals surface area contributed by atoms with Crippen LogP contribution >= 0.6 is 0 Å². The minimum absolute atomic E-state index is 0.0719. The van der Waals surface area contributed by atoms with Crippen LogP contribution in [0.3, 0.4) is 0 Å². The lowest BCUT2D eigenvalue weighted by molar-refractivity contribution is -0.0481. The molecule has 128 valence electrons. The van der Waals surface area contributed by atoms with Gasteiger partial charge in [-0.05, 0) is 43.0 Å². The molecular weight excluding hydrogens is 294 g/mol. The third-order valence-electron chi connectivity index (χ3n) is 5.27. The quantitative estimate of drug-likeness (QED) is 0.879. The largest absolute Gasteiger partial charge is 0.379 e. The number of nitrogens with zero attached hydrogens (tertiary/aromatic N) is 1. The van der Waals surface area contributed by atoms with E-state index < -0.39 is 5.60 Å². The van der Waals surface area contributed by atoms with Gasteiger partial charge in [-0.15, -0.1) is 0 Å². The average molecular weight is 323 g/mol. The second-order valence-electron chi connectivity index (χ2n) is 7.28. The standard InChI is InChI=1S/C22H29NO/c1-18(2)21(23-16-10-5-11-17-23)22(24,19-12-6-3-7-13-19)20-14-8-4-9-15-20/h3-4,6-9,12-15,18,21,24H,5,10-11,16-17H2,1-2H3/t21-/m0/s1. The molecule has 0 aliphatic carbocycles. The van der Waals surface area contributed by atoms with E-state index in [-0.39, 0.29) is 6.04 Å². The van der Waals surface area contributed by atoms with E-state index in [2.05, 4.69) is 43.0 Å². The summed E-state index contributed by atoms with van der Waals surface area (Å²) >= 11 is 0. The normalized spacial score (nSPS) is 17.8. The maximum atomic E-state index is 12.1. The van der Waals surface area contributed by atoms with E-state index in [0.29, 0.717) is 5.92 Å². The molecule has 1 aliphatic heterocycles. The van der Waals surface area contributed by atoms with Crippen molar-refractivity contribution in [2.24, 2.45) is 5.92 Å². The second-order valence-corrected chi connectivity index (χ2v) is 7.28. The molecule has 2 aromatic rings. The Morgan fingerprint density at radius 1 is 0.792 bits per heavy atom. The van der Waals surface area contributed by atoms with Crippen molar-refractivity contribution in [3.05, 3.63) is 71.8 Å². The van der Waals surface area contributed by atoms with Crippen molar-refractivity contribution >= 4 is 0 Å². The van der Waals surface area contributed by atoms with Crippen LogP contribution < -0.4 is 0 Å². The monoisotopic (exact) mass is 323 g/mol. The maximum absolute atomic E-state index is 12.1. The van der Waals surface area contributed by atoms with Crippen molar-refractivity contribution in [3.8, 4) is 0 Å². The summed E-state index contributed by atoms with van der Waals surface area (Å²) in [5.74, 6) is 0.355. The molecule has 1 aliphatic rings. The summed E-state index contributed by atoms with van der Waals surface area (Å²) in [7, 11) is 0. The molecule has 0 amide bonds. The minimum atomic E-state index is -0.992. The molecule has 0 spiro atoms. The Morgan fingerprint density at radius 3 is 1.67 bits per heavy atom. The molecule has 0 unspecified atom stereocenters. The molecule has 0 radical (unpaired) electrons. The first kappa shape index (κ1) is 17.2. The lowest BCUT2D eigenvalue weighted by Gasteiger charge is -2.47. The number of rotatable bonds is 5. The Labute approximate surface area is 146 Å². The van der Waals surface area contributed by atoms with Crippen molar-refractivity contribution in [2.75, 3.05) is 13.1 Å². The number of hydrogen-bond donors (Lipinski definition) is 1. The molecule has 0 bridgehead atoms. The van der Waals surface area contributed by atoms with Gasteiger partial charge < -0.3 is 5.11 Å². The zero-order valence-electron chi connectivity index (χ0n) is 14.9. The topological polar surface area (TPSA) is 23.5 Å². The van der Waals surface area contributed by atoms with E-state index in [0.717, 1.165) is 24.2 Å². The van der Waals surface area contributed by atoms with E-state index in [1.165, 1.54) is 19.3 Å². The first-order valence-corrected chi connectivity index (χ1v) is 9.21. The van der Waals surface area contributed by atoms with E-state index >= 15 is 0 Å². The lowest BCUT2D eigenvalue weighted by Crippen LogP contribution is -2.55. The van der Waals surface area contributed by atoms with Crippen molar-refractivity contribution in [1.82, 2.24) is 4.90 Å². The Hall–Kier alpha value is -1.64. The first-order valence-electron chi connectivity index (χ1n) is 9.21. The van der Waals surface area contributed by atoms with Crippen molar-refractivity contribution in [1.29, 1.82) is 0 Å². The summed E-state index contributed by atoms with van der Waals surface area (Å²) < 4.78 is 0. The van der Waals surface area contributed by atoms with Gasteiger partial charge in [-0.2, -0.15) is 0 Å². The SMILES string of the molecule is CC(C)[C@H](N1CCCCC1)C(O)(c1ccccc1)c1ccccc1. The zero-order chi connectivity index (χ0) is 17.0. The molecular formula is C22H29NO. The molecule has 24 heavy (non-hydrogen) atoms. The predicted molar refractivity (Wildman–Crippen MR) is 99.9 cm³/mol. The van der Waals surface area contributed by atoms with Crippen LogP contribution in [-0.2, 0) is 5.60 Å². The zero-order valence-corrected chi connectivity index (χ0v) is 14.9. The highest BCUT2D eigenvalue weighted by Gasteiger charge is 2.44. The molecule has 2 nitrogen and oxygen atoms in total. The maximum Gasteiger partial charge on any atom is 0.130 e. The van der Waals surface area contributed by atoms with Gasteiger partial charge in [-0.25, -0.2) is 0 Å². The van der Waals surface area contributed by atoms with Gasteiger partial charge in [0.15, 0.2) is 0 Å². The van der Waals surface area contributed by atoms with Crippen LogP contribution in [-0.4, -0.2) is 29.1 Å². The van der Waals surface area contributed by atoms with Gasteiger partial charge in [-0.1, -0.05) is 80.9 Å². The van der Waals surface area contributed by atoms with E-state index in [1.54, 1.807) is 0 Å². The lowest BCUT2D eigenvalue weighted by atomic mass is 9.74. The molecule has 2 aromatic carbocycles. The highest BCUT2D eigenvalue weighted by atomic mass is 16.3. The fraction of sp³-hybridized carbons (Fsp3) is 0.455. The van der Waals surface area contributed by atoms with Crippen LogP contribution in [0.25, 0.3) is 0 Å². The fourth-order valence-electron chi connectivity index (χ4n) is 4.26. The van der Waals surface area contributed by atoms with E-state index in [1.807, 2.05) is 36.4 Å². The summed E-state index contributed by atoms with van der Waals surface area (Å²) in [6, 6.07) is 20.4. The van der Waals surface area contributed by atoms with Gasteiger partial charge in [0.1, 0.15) is 5.60 Å². The fourth-order valence-corrected chi connectivity index (χ4v) is 4.26. The molecule has 1 fully saturated rings. The highest BCUT2D eigenvalue weighted by Crippen LogP contribution is 2.39. The van der Waals surface area contributed by atoms with Crippen LogP contribution in [0.15, 0.2) is 60.7 Å². The van der Waals surface area contributed by atoms with Crippen molar-refractivity contribution in [3.63, 3.8) is 0 Å². The Morgan fingerprint density at radius 2 is 1.25 bits per heavy atom. The molecule has 0 aromatic heterocycles. The van der Waals surface area contributed by atoms with Gasteiger partial charge in [0.05, 0.1) is 0 Å². The number of likely N-dealkylation sites (tertiary alicyclic amines) is 1. The Kier molecular flexibility index (Phi) is 5.37. The number of aliphatic hydroxyl groups is 1. The smallest absolute Gasteiger partial charge is 0.130 e. The molecule has 1 atom stereocenters. The van der Waals surface area contributed by atoms with Gasteiger partial charge in [0.2, 0.25) is 0 Å². The average Bonchev–Trinajstić information content (AvgIpc) is 2.64. The van der Waals surface area contributed by atoms with Gasteiger partial charge in [-0.3, -0.25) is 4.90 Å². The summed E-state index contributed by atoms with van der Waals surface area (Å²) in [5.41, 5.74) is 0.981. The summed E-state index contributed by atoms with van der Waals surface area (Å²) in [6.45, 7) is 6.61. The van der Waals surface area contributed by atoms with Crippen LogP contribution in [0, 0.1) is 5.92 Å². The first-order chi connectivity index (χ1) is 11.6. The van der Waals surface area contributed by atoms with E-state index in [4.69, 9.17) is 0 Å². The minimum Gasteiger partial charge on any atom is -0.379 e. The molecule has 2 heteroatoms. The van der Waals surface area contributed by atoms with Gasteiger partial charge >= 0.3 is 0 Å².